The van der Waals surface area contributed by atoms with Gasteiger partial charge in [-0.05, 0) is 41.8 Å². The first kappa shape index (κ1) is 23.5. The van der Waals surface area contributed by atoms with E-state index in [1.165, 1.54) is 11.3 Å². The standard InChI is InChI=1S/C28H22ClNO3S/c1-2-33-28(32)25-24(21-13-15-22(29)16-14-21)18-34-27(25)30-26(31)23(20-11-7-4-8-12-20)17-19-9-5-3-6-10-19/h3-18H,2H2,1H3,(H,30,31)/b23-17+. The van der Waals surface area contributed by atoms with Crippen molar-refractivity contribution in [1.82, 2.24) is 0 Å². The van der Waals surface area contributed by atoms with Crippen molar-refractivity contribution in [2.45, 2.75) is 6.92 Å². The zero-order valence-electron chi connectivity index (χ0n) is 18.5. The summed E-state index contributed by atoms with van der Waals surface area (Å²) < 4.78 is 5.31. The Bertz CT molecular complexity index is 1310. The Hall–Kier alpha value is -3.67. The highest BCUT2D eigenvalue weighted by Gasteiger charge is 2.24. The van der Waals surface area contributed by atoms with Gasteiger partial charge in [0.2, 0.25) is 0 Å². The average Bonchev–Trinajstić information content (AvgIpc) is 3.27. The van der Waals surface area contributed by atoms with Crippen LogP contribution in [0, 0.1) is 0 Å². The predicted octanol–water partition coefficient (Wildman–Crippen LogP) is 7.42. The van der Waals surface area contributed by atoms with E-state index in [1.54, 1.807) is 19.1 Å². The highest BCUT2D eigenvalue weighted by atomic mass is 35.5. The molecule has 0 saturated carbocycles. The zero-order chi connectivity index (χ0) is 23.9. The smallest absolute Gasteiger partial charge is 0.341 e. The van der Waals surface area contributed by atoms with Gasteiger partial charge in [-0.1, -0.05) is 84.4 Å². The van der Waals surface area contributed by atoms with E-state index in [4.69, 9.17) is 16.3 Å². The topological polar surface area (TPSA) is 55.4 Å². The molecule has 1 aromatic heterocycles. The molecule has 0 atom stereocenters. The fourth-order valence-corrected chi connectivity index (χ4v) is 4.56. The van der Waals surface area contributed by atoms with E-state index < -0.39 is 5.97 Å². The first-order valence-electron chi connectivity index (χ1n) is 10.7. The van der Waals surface area contributed by atoms with Gasteiger partial charge in [0.05, 0.1) is 6.61 Å². The minimum Gasteiger partial charge on any atom is -0.462 e. The molecule has 3 aromatic carbocycles. The van der Waals surface area contributed by atoms with Gasteiger partial charge in [-0.15, -0.1) is 11.3 Å². The number of anilines is 1. The third-order valence-electron chi connectivity index (χ3n) is 5.09. The molecule has 4 aromatic rings. The highest BCUT2D eigenvalue weighted by molar-refractivity contribution is 7.15. The number of thiophene rings is 1. The van der Waals surface area contributed by atoms with Gasteiger partial charge in [-0.3, -0.25) is 4.79 Å². The van der Waals surface area contributed by atoms with Crippen LogP contribution in [0.25, 0.3) is 22.8 Å². The van der Waals surface area contributed by atoms with Crippen LogP contribution in [0.1, 0.15) is 28.4 Å². The number of ether oxygens (including phenoxy) is 1. The molecule has 0 aliphatic heterocycles. The lowest BCUT2D eigenvalue weighted by molar-refractivity contribution is -0.111. The molecule has 0 aliphatic rings. The van der Waals surface area contributed by atoms with Crippen molar-refractivity contribution < 1.29 is 14.3 Å². The molecule has 1 amide bonds. The first-order chi connectivity index (χ1) is 16.6. The molecule has 0 unspecified atom stereocenters. The van der Waals surface area contributed by atoms with E-state index >= 15 is 0 Å². The lowest BCUT2D eigenvalue weighted by Gasteiger charge is -2.11. The van der Waals surface area contributed by atoms with Crippen molar-refractivity contribution in [2.24, 2.45) is 0 Å². The van der Waals surface area contributed by atoms with Gasteiger partial charge in [0.15, 0.2) is 0 Å². The molecule has 1 heterocycles. The van der Waals surface area contributed by atoms with E-state index in [0.717, 1.165) is 16.7 Å². The van der Waals surface area contributed by atoms with Crippen LogP contribution in [0.3, 0.4) is 0 Å². The quantitative estimate of drug-likeness (QED) is 0.167. The van der Waals surface area contributed by atoms with Crippen LogP contribution in [-0.2, 0) is 9.53 Å². The van der Waals surface area contributed by atoms with E-state index in [0.29, 0.717) is 26.7 Å². The Morgan fingerprint density at radius 3 is 2.24 bits per heavy atom. The Morgan fingerprint density at radius 1 is 0.941 bits per heavy atom. The first-order valence-corrected chi connectivity index (χ1v) is 12.0. The molecule has 0 fully saturated rings. The number of hydrogen-bond donors (Lipinski definition) is 1. The van der Waals surface area contributed by atoms with E-state index in [2.05, 4.69) is 5.32 Å². The summed E-state index contributed by atoms with van der Waals surface area (Å²) in [5.74, 6) is -0.803. The summed E-state index contributed by atoms with van der Waals surface area (Å²) in [5.41, 5.74) is 3.99. The predicted molar refractivity (Wildman–Crippen MR) is 140 cm³/mol. The van der Waals surface area contributed by atoms with Crippen LogP contribution in [-0.4, -0.2) is 18.5 Å². The molecule has 0 radical (unpaired) electrons. The number of carbonyl (C=O) groups is 2. The molecule has 4 nitrogen and oxygen atoms in total. The summed E-state index contributed by atoms with van der Waals surface area (Å²) in [5, 5.41) is 5.83. The summed E-state index contributed by atoms with van der Waals surface area (Å²) in [6.45, 7) is 1.98. The number of amides is 1. The number of rotatable bonds is 7. The number of nitrogens with one attached hydrogen (secondary N) is 1. The molecule has 0 aliphatic carbocycles. The van der Waals surface area contributed by atoms with Crippen LogP contribution >= 0.6 is 22.9 Å². The van der Waals surface area contributed by atoms with E-state index in [-0.39, 0.29) is 12.5 Å². The van der Waals surface area contributed by atoms with Crippen LogP contribution < -0.4 is 5.32 Å². The van der Waals surface area contributed by atoms with Crippen LogP contribution in [0.2, 0.25) is 5.02 Å². The normalized spacial score (nSPS) is 11.2. The molecule has 6 heteroatoms. The lowest BCUT2D eigenvalue weighted by Crippen LogP contribution is -2.16. The van der Waals surface area contributed by atoms with Crippen molar-refractivity contribution in [1.29, 1.82) is 0 Å². The van der Waals surface area contributed by atoms with E-state index in [9.17, 15) is 9.59 Å². The molecule has 34 heavy (non-hydrogen) atoms. The number of esters is 1. The van der Waals surface area contributed by atoms with Crippen molar-refractivity contribution in [3.63, 3.8) is 0 Å². The van der Waals surface area contributed by atoms with Crippen LogP contribution in [0.15, 0.2) is 90.3 Å². The second-order valence-electron chi connectivity index (χ2n) is 7.37. The molecule has 0 spiro atoms. The van der Waals surface area contributed by atoms with Gasteiger partial charge in [-0.25, -0.2) is 4.79 Å². The molecule has 170 valence electrons. The Morgan fingerprint density at radius 2 is 1.59 bits per heavy atom. The monoisotopic (exact) mass is 487 g/mol. The highest BCUT2D eigenvalue weighted by Crippen LogP contribution is 2.37. The number of benzene rings is 3. The van der Waals surface area contributed by atoms with Gasteiger partial charge in [-0.2, -0.15) is 0 Å². The maximum Gasteiger partial charge on any atom is 0.341 e. The van der Waals surface area contributed by atoms with Crippen LogP contribution in [0.5, 0.6) is 0 Å². The average molecular weight is 488 g/mol. The Kier molecular flexibility index (Phi) is 7.58. The number of hydrogen-bond acceptors (Lipinski definition) is 4. The van der Waals surface area contributed by atoms with Gasteiger partial charge in [0.25, 0.3) is 5.91 Å². The number of carbonyl (C=O) groups excluding carboxylic acids is 2. The largest absolute Gasteiger partial charge is 0.462 e. The molecular formula is C28H22ClNO3S. The summed E-state index contributed by atoms with van der Waals surface area (Å²) in [4.78, 5) is 26.4. The summed E-state index contributed by atoms with van der Waals surface area (Å²) in [6, 6.07) is 26.3. The summed E-state index contributed by atoms with van der Waals surface area (Å²) >= 11 is 7.32. The minimum absolute atomic E-state index is 0.227. The van der Waals surface area contributed by atoms with E-state index in [1.807, 2.05) is 84.3 Å². The van der Waals surface area contributed by atoms with Crippen molar-refractivity contribution in [3.05, 3.63) is 112 Å². The van der Waals surface area contributed by atoms with Gasteiger partial charge < -0.3 is 10.1 Å². The zero-order valence-corrected chi connectivity index (χ0v) is 20.0. The molecule has 4 rings (SSSR count). The maximum absolute atomic E-state index is 13.5. The maximum atomic E-state index is 13.5. The molecule has 1 N–H and O–H groups in total. The Labute approximate surface area is 207 Å². The Balaban J connectivity index is 1.74. The second kappa shape index (κ2) is 11.0. The summed E-state index contributed by atoms with van der Waals surface area (Å²) in [6.07, 6.45) is 1.84. The third kappa shape index (κ3) is 5.45. The fraction of sp³-hybridized carbons (Fsp3) is 0.0714. The minimum atomic E-state index is -0.489. The molecular weight excluding hydrogens is 466 g/mol. The van der Waals surface area contributed by atoms with Crippen molar-refractivity contribution >= 4 is 51.5 Å². The van der Waals surface area contributed by atoms with Crippen molar-refractivity contribution in [2.75, 3.05) is 11.9 Å². The fourth-order valence-electron chi connectivity index (χ4n) is 3.48. The van der Waals surface area contributed by atoms with Gasteiger partial charge in [0.1, 0.15) is 10.6 Å². The molecule has 0 bridgehead atoms. The number of halogens is 1. The van der Waals surface area contributed by atoms with Gasteiger partial charge in [0, 0.05) is 21.5 Å². The molecule has 0 saturated heterocycles. The lowest BCUT2D eigenvalue weighted by atomic mass is 10.0. The van der Waals surface area contributed by atoms with Gasteiger partial charge >= 0.3 is 5.97 Å². The summed E-state index contributed by atoms with van der Waals surface area (Å²) in [7, 11) is 0. The van der Waals surface area contributed by atoms with Crippen LogP contribution in [0.4, 0.5) is 5.00 Å². The van der Waals surface area contributed by atoms with Crippen molar-refractivity contribution in [3.8, 4) is 11.1 Å². The second-order valence-corrected chi connectivity index (χ2v) is 8.69. The third-order valence-corrected chi connectivity index (χ3v) is 6.24. The SMILES string of the molecule is CCOC(=O)c1c(-c2ccc(Cl)cc2)csc1NC(=O)/C(=C/c1ccccc1)c1ccccc1.